The Hall–Kier alpha value is -4.70. The molecular weight excluding hydrogens is 577 g/mol. The normalized spacial score (nSPS) is 15.4. The fraction of sp³-hybridized carbons (Fsp3) is 0.286. The van der Waals surface area contributed by atoms with E-state index >= 15 is 0 Å². The minimum Gasteiger partial charge on any atom is -0.481 e. The van der Waals surface area contributed by atoms with Gasteiger partial charge in [0.1, 0.15) is 23.7 Å². The Balaban J connectivity index is 1.81. The number of aliphatic carboxylic acids is 1. The van der Waals surface area contributed by atoms with E-state index in [0.29, 0.717) is 0 Å². The van der Waals surface area contributed by atoms with Crippen LogP contribution in [0.4, 0.5) is 24.7 Å². The van der Waals surface area contributed by atoms with Gasteiger partial charge in [0, 0.05) is 48.2 Å². The van der Waals surface area contributed by atoms with E-state index < -0.39 is 66.9 Å². The number of halogens is 4. The maximum atomic E-state index is 14.4. The third-order valence-corrected chi connectivity index (χ3v) is 6.85. The highest BCUT2D eigenvalue weighted by atomic mass is 35.5. The Morgan fingerprint density at radius 1 is 1.19 bits per heavy atom. The molecule has 2 atom stereocenters. The Labute approximate surface area is 243 Å². The first-order valence-electron chi connectivity index (χ1n) is 12.7. The minimum atomic E-state index is -2.95. The fourth-order valence-corrected chi connectivity index (χ4v) is 4.76. The maximum absolute atomic E-state index is 14.4. The number of carbonyl (C=O) groups is 3. The zero-order valence-electron chi connectivity index (χ0n) is 21.8. The number of alkyl halides is 2. The Morgan fingerprint density at radius 3 is 2.57 bits per heavy atom. The predicted octanol–water partition coefficient (Wildman–Crippen LogP) is 4.47. The van der Waals surface area contributed by atoms with Crippen LogP contribution < -0.4 is 15.5 Å². The number of carboxylic acids is 1. The van der Waals surface area contributed by atoms with Crippen LogP contribution in [0, 0.1) is 17.1 Å². The fourth-order valence-electron chi connectivity index (χ4n) is 4.52. The number of benzene rings is 1. The van der Waals surface area contributed by atoms with E-state index in [4.69, 9.17) is 11.6 Å². The molecule has 1 aromatic carbocycles. The van der Waals surface area contributed by atoms with E-state index in [-0.39, 0.29) is 34.1 Å². The smallest absolute Gasteiger partial charge is 0.303 e. The van der Waals surface area contributed by atoms with E-state index in [2.05, 4.69) is 20.6 Å². The van der Waals surface area contributed by atoms with Crippen molar-refractivity contribution in [2.24, 2.45) is 0 Å². The van der Waals surface area contributed by atoms with Crippen LogP contribution in [-0.4, -0.2) is 50.9 Å². The molecule has 42 heavy (non-hydrogen) atoms. The van der Waals surface area contributed by atoms with Gasteiger partial charge in [-0.1, -0.05) is 29.8 Å². The van der Waals surface area contributed by atoms with Gasteiger partial charge in [-0.3, -0.25) is 24.3 Å². The molecule has 2 amide bonds. The molecule has 1 aliphatic rings. The highest BCUT2D eigenvalue weighted by Crippen LogP contribution is 2.39. The number of anilines is 2. The van der Waals surface area contributed by atoms with Crippen molar-refractivity contribution in [1.82, 2.24) is 15.3 Å². The van der Waals surface area contributed by atoms with Gasteiger partial charge in [0.05, 0.1) is 29.7 Å². The Morgan fingerprint density at radius 2 is 1.93 bits per heavy atom. The number of carbonyl (C=O) groups excluding carboxylic acids is 2. The van der Waals surface area contributed by atoms with Gasteiger partial charge in [-0.15, -0.1) is 0 Å². The van der Waals surface area contributed by atoms with Crippen molar-refractivity contribution in [3.63, 3.8) is 0 Å². The summed E-state index contributed by atoms with van der Waals surface area (Å²) in [6, 6.07) is 7.81. The minimum absolute atomic E-state index is 0.0529. The third-order valence-electron chi connectivity index (χ3n) is 6.50. The van der Waals surface area contributed by atoms with Crippen molar-refractivity contribution in [1.29, 1.82) is 5.26 Å². The summed E-state index contributed by atoms with van der Waals surface area (Å²) in [7, 11) is 0. The monoisotopic (exact) mass is 600 g/mol. The number of hydrogen-bond donors (Lipinski definition) is 3. The number of nitrogens with one attached hydrogen (secondary N) is 2. The number of pyridine rings is 2. The average Bonchev–Trinajstić information content (AvgIpc) is 2.93. The summed E-state index contributed by atoms with van der Waals surface area (Å²) in [5.41, 5.74) is 0.121. The predicted molar refractivity (Wildman–Crippen MR) is 145 cm³/mol. The van der Waals surface area contributed by atoms with E-state index in [1.54, 1.807) is 12.1 Å². The third kappa shape index (κ3) is 7.32. The highest BCUT2D eigenvalue weighted by Gasteiger charge is 2.47. The van der Waals surface area contributed by atoms with Crippen LogP contribution in [0.25, 0.3) is 0 Å². The number of amides is 2. The van der Waals surface area contributed by atoms with Gasteiger partial charge < -0.3 is 15.7 Å². The molecule has 0 unspecified atom stereocenters. The van der Waals surface area contributed by atoms with Crippen LogP contribution in [0.3, 0.4) is 0 Å². The zero-order valence-corrected chi connectivity index (χ0v) is 22.6. The summed E-state index contributed by atoms with van der Waals surface area (Å²) in [5.74, 6) is -6.73. The van der Waals surface area contributed by atoms with Crippen molar-refractivity contribution in [3.8, 4) is 6.07 Å². The molecule has 4 rings (SSSR count). The van der Waals surface area contributed by atoms with Gasteiger partial charge in [0.25, 0.3) is 11.8 Å². The topological polar surface area (TPSA) is 148 Å². The van der Waals surface area contributed by atoms with Crippen molar-refractivity contribution < 1.29 is 32.7 Å². The van der Waals surface area contributed by atoms with Crippen molar-refractivity contribution >= 4 is 40.9 Å². The molecule has 0 aliphatic heterocycles. The molecule has 3 N–H and O–H groups in total. The van der Waals surface area contributed by atoms with Gasteiger partial charge in [0.15, 0.2) is 0 Å². The molecule has 0 bridgehead atoms. The number of nitriles is 1. The molecule has 1 aliphatic carbocycles. The van der Waals surface area contributed by atoms with E-state index in [0.717, 1.165) is 23.4 Å². The molecule has 2 heterocycles. The Kier molecular flexibility index (Phi) is 9.27. The number of nitrogens with zero attached hydrogens (tertiary/aromatic N) is 4. The molecule has 3 aromatic rings. The van der Waals surface area contributed by atoms with Crippen LogP contribution in [0.5, 0.6) is 0 Å². The molecule has 1 fully saturated rings. The Bertz CT molecular complexity index is 1530. The van der Waals surface area contributed by atoms with E-state index in [1.165, 1.54) is 30.5 Å². The second-order valence-electron chi connectivity index (χ2n) is 9.63. The molecule has 0 spiro atoms. The molecule has 0 radical (unpaired) electrons. The van der Waals surface area contributed by atoms with E-state index in [9.17, 15) is 37.9 Å². The van der Waals surface area contributed by atoms with Crippen LogP contribution in [0.1, 0.15) is 42.9 Å². The van der Waals surface area contributed by atoms with Gasteiger partial charge in [-0.2, -0.15) is 5.26 Å². The van der Waals surface area contributed by atoms with Crippen LogP contribution in [0.2, 0.25) is 5.02 Å². The summed E-state index contributed by atoms with van der Waals surface area (Å²) in [4.78, 5) is 48.3. The zero-order chi connectivity index (χ0) is 30.4. The van der Waals surface area contributed by atoms with Crippen molar-refractivity contribution in [2.75, 3.05) is 10.2 Å². The number of rotatable bonds is 11. The quantitative estimate of drug-likeness (QED) is 0.292. The lowest BCUT2D eigenvalue weighted by Gasteiger charge is -2.39. The number of carboxylic acid groups (broad SMARTS) is 1. The molecule has 14 heteroatoms. The SMILES string of the molecule is N#Cc1ccnc(N[C@@H](CCC(=O)O)C(=O)N(c2cncc(F)c2)[C@H](C(=O)NC2CC(F)(F)C2)c2ccccc2Cl)c1. The summed E-state index contributed by atoms with van der Waals surface area (Å²) in [6.45, 7) is 0. The summed E-state index contributed by atoms with van der Waals surface area (Å²) in [6.07, 6.45) is 1.31. The average molecular weight is 601 g/mol. The first kappa shape index (κ1) is 30.3. The van der Waals surface area contributed by atoms with Gasteiger partial charge in [-0.05, 0) is 24.6 Å². The first-order chi connectivity index (χ1) is 20.0. The van der Waals surface area contributed by atoms with Crippen molar-refractivity contribution in [3.05, 3.63) is 83.0 Å². The van der Waals surface area contributed by atoms with E-state index in [1.807, 2.05) is 6.07 Å². The molecule has 2 aromatic heterocycles. The number of aromatic nitrogens is 2. The lowest BCUT2D eigenvalue weighted by molar-refractivity contribution is -0.137. The number of hydrogen-bond acceptors (Lipinski definition) is 7. The van der Waals surface area contributed by atoms with Gasteiger partial charge in [0.2, 0.25) is 5.91 Å². The van der Waals surface area contributed by atoms with Gasteiger partial charge in [-0.25, -0.2) is 18.2 Å². The molecule has 1 saturated carbocycles. The highest BCUT2D eigenvalue weighted by molar-refractivity contribution is 6.31. The van der Waals surface area contributed by atoms with Crippen molar-refractivity contribution in [2.45, 2.75) is 49.7 Å². The molecular formula is C28H24ClF3N6O4. The first-order valence-corrected chi connectivity index (χ1v) is 13.1. The lowest BCUT2D eigenvalue weighted by Crippen LogP contribution is -2.55. The molecule has 10 nitrogen and oxygen atoms in total. The summed E-state index contributed by atoms with van der Waals surface area (Å²) in [5, 5.41) is 24.0. The second-order valence-corrected chi connectivity index (χ2v) is 10.0. The summed E-state index contributed by atoms with van der Waals surface area (Å²) < 4.78 is 41.6. The standard InChI is InChI=1S/C28H24ClF3N6O4/c29-21-4-2-1-3-20(21)25(26(41)36-18-11-28(31,32)12-18)38(19-10-17(30)14-34-15-19)27(42)22(5-6-24(39)40)37-23-9-16(13-33)7-8-35-23/h1-4,7-10,14-15,18,22,25H,5-6,11-12H2,(H,35,37)(H,36,41)(H,39,40)/t22-,25-/m0/s1. The van der Waals surface area contributed by atoms with Gasteiger partial charge >= 0.3 is 5.97 Å². The van der Waals surface area contributed by atoms with Crippen LogP contribution >= 0.6 is 11.6 Å². The molecule has 0 saturated heterocycles. The molecule has 218 valence electrons. The second kappa shape index (κ2) is 12.9. The lowest BCUT2D eigenvalue weighted by atomic mass is 9.87. The van der Waals surface area contributed by atoms with Crippen LogP contribution in [0.15, 0.2) is 61.1 Å². The van der Waals surface area contributed by atoms with Crippen LogP contribution in [-0.2, 0) is 14.4 Å². The largest absolute Gasteiger partial charge is 0.481 e. The maximum Gasteiger partial charge on any atom is 0.303 e. The summed E-state index contributed by atoms with van der Waals surface area (Å²) >= 11 is 6.44.